The summed E-state index contributed by atoms with van der Waals surface area (Å²) in [6.45, 7) is 8.86. The standard InChI is InChI=1S/C28H25NS/c1-17(2)20-13-14-29-25(15-20)24-10-6-9-23-22-12-11-21(16-26(22)30-28(23)24)27-18(3)7-5-8-19(27)4/h5-17H,1-4H3. The Kier molecular flexibility index (Phi) is 4.67. The van der Waals surface area contributed by atoms with E-state index in [9.17, 15) is 0 Å². The first-order valence-electron chi connectivity index (χ1n) is 10.5. The minimum Gasteiger partial charge on any atom is -0.256 e. The lowest BCUT2D eigenvalue weighted by Crippen LogP contribution is -1.90. The maximum Gasteiger partial charge on any atom is 0.0719 e. The van der Waals surface area contributed by atoms with Gasteiger partial charge in [-0.3, -0.25) is 4.98 Å². The molecule has 30 heavy (non-hydrogen) atoms. The maximum absolute atomic E-state index is 4.71. The van der Waals surface area contributed by atoms with E-state index < -0.39 is 0 Å². The lowest BCUT2D eigenvalue weighted by atomic mass is 9.95. The Balaban J connectivity index is 1.72. The van der Waals surface area contributed by atoms with Crippen molar-refractivity contribution in [2.45, 2.75) is 33.6 Å². The van der Waals surface area contributed by atoms with Crippen molar-refractivity contribution >= 4 is 31.5 Å². The van der Waals surface area contributed by atoms with E-state index in [1.165, 1.54) is 53.6 Å². The molecule has 5 aromatic rings. The molecule has 0 N–H and O–H groups in total. The largest absolute Gasteiger partial charge is 0.256 e. The molecule has 0 bridgehead atoms. The Labute approximate surface area is 182 Å². The predicted octanol–water partition coefficient (Wildman–Crippen LogP) is 8.52. The van der Waals surface area contributed by atoms with Crippen LogP contribution in [0.4, 0.5) is 0 Å². The van der Waals surface area contributed by atoms with E-state index in [1.807, 2.05) is 17.5 Å². The highest BCUT2D eigenvalue weighted by molar-refractivity contribution is 7.26. The Morgan fingerprint density at radius 2 is 1.57 bits per heavy atom. The number of hydrogen-bond donors (Lipinski definition) is 0. The van der Waals surface area contributed by atoms with Crippen LogP contribution in [0.5, 0.6) is 0 Å². The van der Waals surface area contributed by atoms with Gasteiger partial charge in [0.15, 0.2) is 0 Å². The highest BCUT2D eigenvalue weighted by Gasteiger charge is 2.14. The average Bonchev–Trinajstić information content (AvgIpc) is 3.11. The molecule has 0 amide bonds. The smallest absolute Gasteiger partial charge is 0.0719 e. The number of pyridine rings is 1. The van der Waals surface area contributed by atoms with E-state index in [0.29, 0.717) is 5.92 Å². The molecule has 0 radical (unpaired) electrons. The Morgan fingerprint density at radius 1 is 0.800 bits per heavy atom. The SMILES string of the molecule is Cc1cccc(C)c1-c1ccc2c(c1)sc1c(-c3cc(C(C)C)ccn3)cccc12. The van der Waals surface area contributed by atoms with Crippen LogP contribution in [0.1, 0.15) is 36.5 Å². The van der Waals surface area contributed by atoms with Gasteiger partial charge in [0.05, 0.1) is 5.69 Å². The molecule has 0 aliphatic heterocycles. The third kappa shape index (κ3) is 3.12. The average molecular weight is 408 g/mol. The van der Waals surface area contributed by atoms with Gasteiger partial charge in [-0.05, 0) is 65.8 Å². The van der Waals surface area contributed by atoms with Gasteiger partial charge in [-0.15, -0.1) is 11.3 Å². The van der Waals surface area contributed by atoms with E-state index >= 15 is 0 Å². The molecule has 0 spiro atoms. The summed E-state index contributed by atoms with van der Waals surface area (Å²) < 4.78 is 2.65. The van der Waals surface area contributed by atoms with Crippen LogP contribution in [0, 0.1) is 13.8 Å². The molecule has 0 aliphatic rings. The fourth-order valence-corrected chi connectivity index (χ4v) is 5.64. The van der Waals surface area contributed by atoms with Crippen LogP contribution in [-0.4, -0.2) is 4.98 Å². The summed E-state index contributed by atoms with van der Waals surface area (Å²) in [6, 6.07) is 24.4. The third-order valence-electron chi connectivity index (χ3n) is 6.00. The van der Waals surface area contributed by atoms with Crippen LogP contribution >= 0.6 is 11.3 Å². The first-order chi connectivity index (χ1) is 14.5. The molecule has 0 atom stereocenters. The van der Waals surface area contributed by atoms with Crippen molar-refractivity contribution in [2.75, 3.05) is 0 Å². The van der Waals surface area contributed by atoms with E-state index in [-0.39, 0.29) is 0 Å². The molecule has 3 aromatic carbocycles. The summed E-state index contributed by atoms with van der Waals surface area (Å²) in [5, 5.41) is 2.64. The number of aryl methyl sites for hydroxylation is 2. The van der Waals surface area contributed by atoms with Gasteiger partial charge in [0.1, 0.15) is 0 Å². The number of fused-ring (bicyclic) bond motifs is 3. The highest BCUT2D eigenvalue weighted by atomic mass is 32.1. The van der Waals surface area contributed by atoms with Crippen molar-refractivity contribution < 1.29 is 0 Å². The first-order valence-corrected chi connectivity index (χ1v) is 11.3. The fourth-order valence-electron chi connectivity index (χ4n) is 4.38. The van der Waals surface area contributed by atoms with Crippen LogP contribution in [0.2, 0.25) is 0 Å². The van der Waals surface area contributed by atoms with Gasteiger partial charge in [-0.1, -0.05) is 62.4 Å². The molecule has 0 aliphatic carbocycles. The molecule has 5 rings (SSSR count). The molecule has 0 saturated heterocycles. The van der Waals surface area contributed by atoms with Crippen molar-refractivity contribution in [2.24, 2.45) is 0 Å². The molecular formula is C28H25NS. The second-order valence-corrected chi connectivity index (χ2v) is 9.44. The van der Waals surface area contributed by atoms with Crippen molar-refractivity contribution in [3.05, 3.63) is 89.6 Å². The second kappa shape index (κ2) is 7.37. The summed E-state index contributed by atoms with van der Waals surface area (Å²) in [5.74, 6) is 0.494. The summed E-state index contributed by atoms with van der Waals surface area (Å²) >= 11 is 1.88. The van der Waals surface area contributed by atoms with Gasteiger partial charge in [-0.25, -0.2) is 0 Å². The van der Waals surface area contributed by atoms with Crippen LogP contribution in [-0.2, 0) is 0 Å². The van der Waals surface area contributed by atoms with Gasteiger partial charge < -0.3 is 0 Å². The molecule has 0 unspecified atom stereocenters. The van der Waals surface area contributed by atoms with Crippen molar-refractivity contribution in [3.8, 4) is 22.4 Å². The fraction of sp³-hybridized carbons (Fsp3) is 0.179. The van der Waals surface area contributed by atoms with Gasteiger partial charge in [0.25, 0.3) is 0 Å². The summed E-state index contributed by atoms with van der Waals surface area (Å²) in [7, 11) is 0. The van der Waals surface area contributed by atoms with E-state index in [1.54, 1.807) is 0 Å². The van der Waals surface area contributed by atoms with Gasteiger partial charge in [-0.2, -0.15) is 0 Å². The van der Waals surface area contributed by atoms with Gasteiger partial charge in [0.2, 0.25) is 0 Å². The Bertz CT molecular complexity index is 1370. The van der Waals surface area contributed by atoms with Crippen LogP contribution in [0.25, 0.3) is 42.6 Å². The number of rotatable bonds is 3. The van der Waals surface area contributed by atoms with E-state index in [0.717, 1.165) is 5.69 Å². The number of nitrogens with zero attached hydrogens (tertiary/aromatic N) is 1. The molecule has 0 saturated carbocycles. The van der Waals surface area contributed by atoms with Crippen LogP contribution in [0.3, 0.4) is 0 Å². The summed E-state index contributed by atoms with van der Waals surface area (Å²) in [4.78, 5) is 4.71. The maximum atomic E-state index is 4.71. The predicted molar refractivity (Wildman–Crippen MR) is 132 cm³/mol. The first kappa shape index (κ1) is 19.0. The van der Waals surface area contributed by atoms with E-state index in [2.05, 4.69) is 94.4 Å². The molecule has 148 valence electrons. The molecule has 1 nitrogen and oxygen atoms in total. The van der Waals surface area contributed by atoms with Crippen molar-refractivity contribution in [3.63, 3.8) is 0 Å². The minimum absolute atomic E-state index is 0.494. The van der Waals surface area contributed by atoms with Gasteiger partial charge in [0, 0.05) is 31.9 Å². The number of benzene rings is 3. The van der Waals surface area contributed by atoms with E-state index in [4.69, 9.17) is 4.98 Å². The van der Waals surface area contributed by atoms with Crippen molar-refractivity contribution in [1.29, 1.82) is 0 Å². The lowest BCUT2D eigenvalue weighted by Gasteiger charge is -2.10. The topological polar surface area (TPSA) is 12.9 Å². The number of thiophene rings is 1. The Hall–Kier alpha value is -2.97. The molecular weight excluding hydrogens is 382 g/mol. The van der Waals surface area contributed by atoms with Crippen LogP contribution in [0.15, 0.2) is 72.9 Å². The molecule has 0 fully saturated rings. The molecule has 2 heteroatoms. The second-order valence-electron chi connectivity index (χ2n) is 8.39. The lowest BCUT2D eigenvalue weighted by molar-refractivity contribution is 0.864. The molecule has 2 heterocycles. The van der Waals surface area contributed by atoms with Gasteiger partial charge >= 0.3 is 0 Å². The summed E-state index contributed by atoms with van der Waals surface area (Å²) in [6.07, 6.45) is 1.94. The zero-order chi connectivity index (χ0) is 20.8. The minimum atomic E-state index is 0.494. The number of aromatic nitrogens is 1. The zero-order valence-electron chi connectivity index (χ0n) is 17.9. The normalized spacial score (nSPS) is 11.6. The molecule has 2 aromatic heterocycles. The van der Waals surface area contributed by atoms with Crippen molar-refractivity contribution in [1.82, 2.24) is 4.98 Å². The Morgan fingerprint density at radius 3 is 2.33 bits per heavy atom. The number of hydrogen-bond acceptors (Lipinski definition) is 2. The quantitative estimate of drug-likeness (QED) is 0.292. The highest BCUT2D eigenvalue weighted by Crippen LogP contribution is 2.41. The monoisotopic (exact) mass is 407 g/mol. The third-order valence-corrected chi connectivity index (χ3v) is 7.20. The summed E-state index contributed by atoms with van der Waals surface area (Å²) in [5.41, 5.74) is 8.92. The zero-order valence-corrected chi connectivity index (χ0v) is 18.7. The van der Waals surface area contributed by atoms with Crippen LogP contribution < -0.4 is 0 Å².